The van der Waals surface area contributed by atoms with Gasteiger partial charge in [0.25, 0.3) is 5.91 Å². The van der Waals surface area contributed by atoms with E-state index in [2.05, 4.69) is 10.6 Å². The van der Waals surface area contributed by atoms with Crippen molar-refractivity contribution in [1.29, 1.82) is 0 Å². The van der Waals surface area contributed by atoms with Crippen molar-refractivity contribution in [3.05, 3.63) is 42.0 Å². The number of hydrogen-bond donors (Lipinski definition) is 2. The Bertz CT molecular complexity index is 956. The van der Waals surface area contributed by atoms with Crippen LogP contribution in [0, 0.1) is 0 Å². The number of methoxy groups -OCH3 is 2. The Morgan fingerprint density at radius 1 is 1.07 bits per heavy atom. The van der Waals surface area contributed by atoms with Crippen LogP contribution in [0.2, 0.25) is 0 Å². The molecule has 0 saturated carbocycles. The zero-order chi connectivity index (χ0) is 21.0. The van der Waals surface area contributed by atoms with Crippen molar-refractivity contribution >= 4 is 29.0 Å². The van der Waals surface area contributed by atoms with Crippen molar-refractivity contribution in [3.63, 3.8) is 0 Å². The molecule has 1 atom stereocenters. The van der Waals surface area contributed by atoms with E-state index in [-0.39, 0.29) is 30.4 Å². The van der Waals surface area contributed by atoms with Crippen LogP contribution in [0.4, 0.5) is 11.4 Å². The largest absolute Gasteiger partial charge is 0.493 e. The summed E-state index contributed by atoms with van der Waals surface area (Å²) in [5.41, 5.74) is 1.44. The molecule has 0 saturated heterocycles. The molecule has 152 valence electrons. The summed E-state index contributed by atoms with van der Waals surface area (Å²) in [5.74, 6) is 0.784. The molecular formula is C21H22N2O6. The predicted molar refractivity (Wildman–Crippen MR) is 107 cm³/mol. The van der Waals surface area contributed by atoms with E-state index in [1.54, 1.807) is 43.3 Å². The second-order valence-corrected chi connectivity index (χ2v) is 6.50. The molecule has 1 heterocycles. The zero-order valence-corrected chi connectivity index (χ0v) is 16.4. The Morgan fingerprint density at radius 3 is 2.55 bits per heavy atom. The first-order valence-corrected chi connectivity index (χ1v) is 9.08. The van der Waals surface area contributed by atoms with E-state index in [4.69, 9.17) is 14.2 Å². The molecule has 1 aliphatic heterocycles. The zero-order valence-electron chi connectivity index (χ0n) is 16.4. The molecule has 2 amide bonds. The predicted octanol–water partition coefficient (Wildman–Crippen LogP) is 3.02. The summed E-state index contributed by atoms with van der Waals surface area (Å²) in [5, 5.41) is 5.45. The minimum atomic E-state index is -0.564. The lowest BCUT2D eigenvalue weighted by molar-refractivity contribution is -0.122. The number of carbonyl (C=O) groups excluding carboxylic acids is 3. The van der Waals surface area contributed by atoms with E-state index in [9.17, 15) is 14.4 Å². The number of benzene rings is 2. The summed E-state index contributed by atoms with van der Waals surface area (Å²) >= 11 is 0. The first kappa shape index (κ1) is 20.2. The molecular weight excluding hydrogens is 376 g/mol. The van der Waals surface area contributed by atoms with Gasteiger partial charge >= 0.3 is 0 Å². The van der Waals surface area contributed by atoms with Gasteiger partial charge in [-0.1, -0.05) is 0 Å². The monoisotopic (exact) mass is 398 g/mol. The second-order valence-electron chi connectivity index (χ2n) is 6.50. The number of nitrogens with one attached hydrogen (secondary N) is 2. The van der Waals surface area contributed by atoms with Crippen molar-refractivity contribution in [2.75, 3.05) is 24.9 Å². The van der Waals surface area contributed by atoms with Gasteiger partial charge in [0.15, 0.2) is 23.4 Å². The van der Waals surface area contributed by atoms with Gasteiger partial charge in [-0.25, -0.2) is 0 Å². The van der Waals surface area contributed by atoms with Gasteiger partial charge in [-0.15, -0.1) is 0 Å². The number of ether oxygens (including phenoxy) is 3. The van der Waals surface area contributed by atoms with Gasteiger partial charge in [0, 0.05) is 24.1 Å². The van der Waals surface area contributed by atoms with Crippen LogP contribution in [0.1, 0.15) is 30.1 Å². The number of fused-ring (bicyclic) bond motifs is 1. The first-order valence-electron chi connectivity index (χ1n) is 9.08. The van der Waals surface area contributed by atoms with Gasteiger partial charge < -0.3 is 24.8 Å². The van der Waals surface area contributed by atoms with E-state index in [0.29, 0.717) is 34.2 Å². The summed E-state index contributed by atoms with van der Waals surface area (Å²) in [6.45, 7) is 1.66. The maximum atomic E-state index is 12.4. The van der Waals surface area contributed by atoms with Crippen molar-refractivity contribution in [3.8, 4) is 17.2 Å². The summed E-state index contributed by atoms with van der Waals surface area (Å²) in [6.07, 6.45) is -0.501. The highest BCUT2D eigenvalue weighted by Crippen LogP contribution is 2.32. The third kappa shape index (κ3) is 4.66. The molecule has 1 aliphatic rings. The topological polar surface area (TPSA) is 103 Å². The molecule has 2 aromatic carbocycles. The molecule has 0 radical (unpaired) electrons. The molecule has 3 rings (SSSR count). The molecule has 2 aromatic rings. The Morgan fingerprint density at radius 2 is 1.83 bits per heavy atom. The molecule has 0 fully saturated rings. The fourth-order valence-electron chi connectivity index (χ4n) is 2.89. The highest BCUT2D eigenvalue weighted by Gasteiger charge is 2.23. The van der Waals surface area contributed by atoms with Gasteiger partial charge in [0.05, 0.1) is 19.9 Å². The molecule has 8 heteroatoms. The maximum Gasteiger partial charge on any atom is 0.265 e. The van der Waals surface area contributed by atoms with Crippen molar-refractivity contribution in [1.82, 2.24) is 0 Å². The highest BCUT2D eigenvalue weighted by molar-refractivity contribution is 6.01. The Labute approximate surface area is 168 Å². The summed E-state index contributed by atoms with van der Waals surface area (Å²) in [6, 6.07) is 9.84. The smallest absolute Gasteiger partial charge is 0.265 e. The normalized spacial score (nSPS) is 14.9. The molecule has 0 bridgehead atoms. The summed E-state index contributed by atoms with van der Waals surface area (Å²) in [7, 11) is 3.01. The van der Waals surface area contributed by atoms with E-state index in [1.807, 2.05) is 0 Å². The Kier molecular flexibility index (Phi) is 6.01. The minimum absolute atomic E-state index is 0.0180. The minimum Gasteiger partial charge on any atom is -0.493 e. The van der Waals surface area contributed by atoms with Crippen molar-refractivity contribution in [2.45, 2.75) is 25.9 Å². The van der Waals surface area contributed by atoms with Gasteiger partial charge in [-0.3, -0.25) is 14.4 Å². The van der Waals surface area contributed by atoms with Gasteiger partial charge in [0.2, 0.25) is 5.91 Å². The molecule has 8 nitrogen and oxygen atoms in total. The lowest BCUT2D eigenvalue weighted by Gasteiger charge is -2.23. The summed E-state index contributed by atoms with van der Waals surface area (Å²) < 4.78 is 15.8. The quantitative estimate of drug-likeness (QED) is 0.695. The van der Waals surface area contributed by atoms with E-state index in [0.717, 1.165) is 0 Å². The van der Waals surface area contributed by atoms with E-state index >= 15 is 0 Å². The maximum absolute atomic E-state index is 12.4. The van der Waals surface area contributed by atoms with Crippen LogP contribution in [0.5, 0.6) is 17.2 Å². The van der Waals surface area contributed by atoms with Gasteiger partial charge in [0.1, 0.15) is 5.75 Å². The summed E-state index contributed by atoms with van der Waals surface area (Å²) in [4.78, 5) is 36.3. The number of Topliss-reactive ketones (excluding diaryl/α,β-unsaturated/α-hetero) is 1. The molecule has 29 heavy (non-hydrogen) atoms. The highest BCUT2D eigenvalue weighted by atomic mass is 16.5. The van der Waals surface area contributed by atoms with Crippen molar-refractivity contribution < 1.29 is 28.6 Å². The van der Waals surface area contributed by atoms with Crippen LogP contribution in [0.15, 0.2) is 36.4 Å². The lowest BCUT2D eigenvalue weighted by atomic mass is 10.1. The van der Waals surface area contributed by atoms with Gasteiger partial charge in [-0.2, -0.15) is 0 Å². The molecule has 0 aromatic heterocycles. The number of amides is 2. The fraction of sp³-hybridized carbons (Fsp3) is 0.286. The number of anilines is 2. The number of carbonyl (C=O) groups is 3. The van der Waals surface area contributed by atoms with Crippen LogP contribution < -0.4 is 24.8 Å². The van der Waals surface area contributed by atoms with Crippen LogP contribution >= 0.6 is 0 Å². The van der Waals surface area contributed by atoms with Crippen LogP contribution in [0.25, 0.3) is 0 Å². The van der Waals surface area contributed by atoms with Crippen LogP contribution in [0.3, 0.4) is 0 Å². The van der Waals surface area contributed by atoms with E-state index in [1.165, 1.54) is 14.2 Å². The second kappa shape index (κ2) is 8.64. The molecule has 0 unspecified atom stereocenters. The van der Waals surface area contributed by atoms with Crippen LogP contribution in [-0.2, 0) is 9.59 Å². The van der Waals surface area contributed by atoms with E-state index < -0.39 is 6.10 Å². The number of ketones is 1. The average Bonchev–Trinajstić information content (AvgIpc) is 2.72. The van der Waals surface area contributed by atoms with Crippen molar-refractivity contribution in [2.24, 2.45) is 0 Å². The molecule has 0 aliphatic carbocycles. The lowest BCUT2D eigenvalue weighted by Crippen LogP contribution is -2.34. The van der Waals surface area contributed by atoms with Crippen LogP contribution in [-0.4, -0.2) is 37.9 Å². The third-order valence-electron chi connectivity index (χ3n) is 4.48. The fourth-order valence-corrected chi connectivity index (χ4v) is 2.89. The number of rotatable bonds is 7. The van der Waals surface area contributed by atoms with Gasteiger partial charge in [-0.05, 0) is 43.3 Å². The first-order chi connectivity index (χ1) is 13.9. The number of hydrogen-bond acceptors (Lipinski definition) is 6. The Hall–Kier alpha value is -3.55. The SMILES string of the molecule is COc1ccc(C(=O)CCC(=O)Nc2ccc3c(c2)NC(=O)[C@@H](C)O3)cc1OC. The standard InChI is InChI=1S/C21H22N2O6/c1-12-21(26)23-15-11-14(5-8-17(15)29-12)22-20(25)9-6-16(24)13-4-7-18(27-2)19(10-13)28-3/h4-5,7-8,10-12H,6,9H2,1-3H3,(H,22,25)(H,23,26)/t12-/m1/s1. The Balaban J connectivity index is 1.58. The molecule has 2 N–H and O–H groups in total. The third-order valence-corrected chi connectivity index (χ3v) is 4.48. The average molecular weight is 398 g/mol. The molecule has 0 spiro atoms.